The van der Waals surface area contributed by atoms with Crippen LogP contribution in [-0.2, 0) is 4.79 Å². The number of amidine groups is 1. The number of piperidine rings is 1. The molecule has 0 radical (unpaired) electrons. The van der Waals surface area contributed by atoms with Crippen molar-refractivity contribution < 1.29 is 10.0 Å². The van der Waals surface area contributed by atoms with Crippen molar-refractivity contribution >= 4 is 11.7 Å². The minimum atomic E-state index is -0.691. The summed E-state index contributed by atoms with van der Waals surface area (Å²) in [7, 11) is 0. The number of amides is 1. The lowest BCUT2D eigenvalue weighted by Gasteiger charge is -2.38. The van der Waals surface area contributed by atoms with Crippen molar-refractivity contribution in [2.45, 2.75) is 45.6 Å². The lowest BCUT2D eigenvalue weighted by Crippen LogP contribution is -2.50. The molecule has 0 aromatic rings. The first-order chi connectivity index (χ1) is 8.01. The molecule has 1 heterocycles. The van der Waals surface area contributed by atoms with E-state index in [1.807, 2.05) is 4.90 Å². The third kappa shape index (κ3) is 1.98. The predicted molar refractivity (Wildman–Crippen MR) is 64.6 cm³/mol. The van der Waals surface area contributed by atoms with Crippen molar-refractivity contribution in [2.24, 2.45) is 22.2 Å². The van der Waals surface area contributed by atoms with E-state index in [2.05, 4.69) is 19.0 Å². The van der Waals surface area contributed by atoms with Gasteiger partial charge in [0.1, 0.15) is 5.41 Å². The van der Waals surface area contributed by atoms with E-state index in [0.717, 1.165) is 19.4 Å². The summed E-state index contributed by atoms with van der Waals surface area (Å²) in [5.41, 5.74) is 4.96. The molecule has 1 amide bonds. The molecule has 2 atom stereocenters. The Balaban J connectivity index is 2.11. The van der Waals surface area contributed by atoms with Crippen LogP contribution in [0.4, 0.5) is 0 Å². The van der Waals surface area contributed by atoms with Crippen molar-refractivity contribution in [3.63, 3.8) is 0 Å². The standard InChI is InChI=1S/C12H21N3O2/c1-8-3-6-15(9(2)7-8)11(16)12(4-5-12)10(13)14-17/h8-9,17H,3-7H2,1-2H3,(H2,13,14). The van der Waals surface area contributed by atoms with Crippen LogP contribution in [0.3, 0.4) is 0 Å². The highest BCUT2D eigenvalue weighted by Crippen LogP contribution is 2.48. The summed E-state index contributed by atoms with van der Waals surface area (Å²) in [6.07, 6.45) is 3.50. The van der Waals surface area contributed by atoms with Crippen molar-refractivity contribution in [3.8, 4) is 0 Å². The molecule has 5 heteroatoms. The van der Waals surface area contributed by atoms with Gasteiger partial charge in [-0.05, 0) is 38.5 Å². The number of oxime groups is 1. The van der Waals surface area contributed by atoms with Gasteiger partial charge in [0, 0.05) is 12.6 Å². The first-order valence-electron chi connectivity index (χ1n) is 6.30. The molecular weight excluding hydrogens is 218 g/mol. The topological polar surface area (TPSA) is 78.9 Å². The molecule has 2 fully saturated rings. The molecule has 0 spiro atoms. The van der Waals surface area contributed by atoms with E-state index in [-0.39, 0.29) is 17.8 Å². The average molecular weight is 239 g/mol. The number of rotatable bonds is 2. The molecule has 1 aliphatic heterocycles. The zero-order valence-electron chi connectivity index (χ0n) is 10.5. The molecule has 1 saturated heterocycles. The highest BCUT2D eigenvalue weighted by Gasteiger charge is 2.56. The third-order valence-corrected chi connectivity index (χ3v) is 4.16. The van der Waals surface area contributed by atoms with Crippen LogP contribution in [0.25, 0.3) is 0 Å². The molecule has 1 aliphatic carbocycles. The fourth-order valence-electron chi connectivity index (χ4n) is 2.78. The molecule has 2 unspecified atom stereocenters. The summed E-state index contributed by atoms with van der Waals surface area (Å²) >= 11 is 0. The Kier molecular flexibility index (Phi) is 3.02. The summed E-state index contributed by atoms with van der Waals surface area (Å²) in [6.45, 7) is 5.09. The van der Waals surface area contributed by atoms with Crippen LogP contribution >= 0.6 is 0 Å². The number of nitrogens with two attached hydrogens (primary N) is 1. The van der Waals surface area contributed by atoms with Crippen LogP contribution in [0.2, 0.25) is 0 Å². The van der Waals surface area contributed by atoms with Crippen LogP contribution < -0.4 is 5.73 Å². The highest BCUT2D eigenvalue weighted by molar-refractivity contribution is 6.09. The summed E-state index contributed by atoms with van der Waals surface area (Å²) in [5, 5.41) is 11.8. The maximum atomic E-state index is 12.5. The molecule has 2 aliphatic rings. The Hall–Kier alpha value is -1.26. The van der Waals surface area contributed by atoms with Gasteiger partial charge < -0.3 is 15.8 Å². The smallest absolute Gasteiger partial charge is 0.236 e. The van der Waals surface area contributed by atoms with Gasteiger partial charge in [-0.25, -0.2) is 0 Å². The highest BCUT2D eigenvalue weighted by atomic mass is 16.4. The van der Waals surface area contributed by atoms with Crippen molar-refractivity contribution in [2.75, 3.05) is 6.54 Å². The van der Waals surface area contributed by atoms with E-state index in [4.69, 9.17) is 10.9 Å². The van der Waals surface area contributed by atoms with Crippen molar-refractivity contribution in [1.82, 2.24) is 4.90 Å². The van der Waals surface area contributed by atoms with Gasteiger partial charge in [0.05, 0.1) is 0 Å². The van der Waals surface area contributed by atoms with E-state index in [1.165, 1.54) is 0 Å². The van der Waals surface area contributed by atoms with E-state index >= 15 is 0 Å². The maximum Gasteiger partial charge on any atom is 0.236 e. The Morgan fingerprint density at radius 3 is 2.59 bits per heavy atom. The summed E-state index contributed by atoms with van der Waals surface area (Å²) in [4.78, 5) is 14.4. The first kappa shape index (κ1) is 12.2. The van der Waals surface area contributed by atoms with Crippen molar-refractivity contribution in [1.29, 1.82) is 0 Å². The molecule has 1 saturated carbocycles. The Labute approximate surface area is 102 Å². The number of likely N-dealkylation sites (tertiary alicyclic amines) is 1. The van der Waals surface area contributed by atoms with Gasteiger partial charge >= 0.3 is 0 Å². The van der Waals surface area contributed by atoms with Crippen molar-refractivity contribution in [3.05, 3.63) is 0 Å². The minimum absolute atomic E-state index is 0.0483. The second-order valence-electron chi connectivity index (χ2n) is 5.54. The molecule has 17 heavy (non-hydrogen) atoms. The van der Waals surface area contributed by atoms with Crippen LogP contribution in [0.5, 0.6) is 0 Å². The Morgan fingerprint density at radius 2 is 2.12 bits per heavy atom. The van der Waals surface area contributed by atoms with E-state index < -0.39 is 5.41 Å². The lowest BCUT2D eigenvalue weighted by atomic mass is 9.91. The zero-order chi connectivity index (χ0) is 12.6. The van der Waals surface area contributed by atoms with Crippen LogP contribution in [0.1, 0.15) is 39.5 Å². The quantitative estimate of drug-likeness (QED) is 0.328. The van der Waals surface area contributed by atoms with Gasteiger partial charge in [0.15, 0.2) is 5.84 Å². The first-order valence-corrected chi connectivity index (χ1v) is 6.30. The predicted octanol–water partition coefficient (Wildman–Crippen LogP) is 1.16. The normalized spacial score (nSPS) is 32.4. The van der Waals surface area contributed by atoms with E-state index in [0.29, 0.717) is 18.8 Å². The number of carbonyl (C=O) groups excluding carboxylic acids is 1. The number of hydrogen-bond acceptors (Lipinski definition) is 3. The van der Waals surface area contributed by atoms with Gasteiger partial charge in [-0.15, -0.1) is 0 Å². The summed E-state index contributed by atoms with van der Waals surface area (Å²) in [5.74, 6) is 0.800. The Morgan fingerprint density at radius 1 is 1.47 bits per heavy atom. The molecular formula is C12H21N3O2. The molecule has 3 N–H and O–H groups in total. The third-order valence-electron chi connectivity index (χ3n) is 4.16. The molecule has 0 aromatic carbocycles. The number of hydrogen-bond donors (Lipinski definition) is 2. The minimum Gasteiger partial charge on any atom is -0.409 e. The van der Waals surface area contributed by atoms with E-state index in [1.54, 1.807) is 0 Å². The monoisotopic (exact) mass is 239 g/mol. The molecule has 0 bridgehead atoms. The van der Waals surface area contributed by atoms with Gasteiger partial charge in [-0.1, -0.05) is 12.1 Å². The molecule has 5 nitrogen and oxygen atoms in total. The number of carbonyl (C=O) groups is 1. The zero-order valence-corrected chi connectivity index (χ0v) is 10.5. The van der Waals surface area contributed by atoms with Gasteiger partial charge in [-0.2, -0.15) is 0 Å². The van der Waals surface area contributed by atoms with Gasteiger partial charge in [0.25, 0.3) is 0 Å². The summed E-state index contributed by atoms with van der Waals surface area (Å²) < 4.78 is 0. The fraction of sp³-hybridized carbons (Fsp3) is 0.833. The maximum absolute atomic E-state index is 12.5. The van der Waals surface area contributed by atoms with Crippen LogP contribution in [0.15, 0.2) is 5.16 Å². The Bertz CT molecular complexity index is 350. The second kappa shape index (κ2) is 4.20. The number of nitrogens with zero attached hydrogens (tertiary/aromatic N) is 2. The van der Waals surface area contributed by atoms with Gasteiger partial charge in [-0.3, -0.25) is 4.79 Å². The van der Waals surface area contributed by atoms with E-state index in [9.17, 15) is 4.79 Å². The SMILES string of the molecule is CC1CCN(C(=O)C2(C(N)=NO)CC2)C(C)C1. The molecule has 0 aromatic heterocycles. The summed E-state index contributed by atoms with van der Waals surface area (Å²) in [6, 6.07) is 0.259. The fourth-order valence-corrected chi connectivity index (χ4v) is 2.78. The average Bonchev–Trinajstić information content (AvgIpc) is 3.08. The van der Waals surface area contributed by atoms with Crippen LogP contribution in [0, 0.1) is 11.3 Å². The molecule has 2 rings (SSSR count). The lowest BCUT2D eigenvalue weighted by molar-refractivity contribution is -0.138. The van der Waals surface area contributed by atoms with Crippen LogP contribution in [-0.4, -0.2) is 34.4 Å². The second-order valence-corrected chi connectivity index (χ2v) is 5.54. The van der Waals surface area contributed by atoms with Gasteiger partial charge in [0.2, 0.25) is 5.91 Å². The molecule has 96 valence electrons. The largest absolute Gasteiger partial charge is 0.409 e.